The van der Waals surface area contributed by atoms with E-state index >= 15 is 0 Å². The van der Waals surface area contributed by atoms with Gasteiger partial charge in [0.15, 0.2) is 0 Å². The van der Waals surface area contributed by atoms with Crippen LogP contribution in [0.25, 0.3) is 0 Å². The lowest BCUT2D eigenvalue weighted by molar-refractivity contribution is 0.255. The molecular formula is C18H29NOS. The third-order valence-corrected chi connectivity index (χ3v) is 5.39. The molecule has 118 valence electrons. The van der Waals surface area contributed by atoms with Crippen molar-refractivity contribution in [2.75, 3.05) is 12.0 Å². The largest absolute Gasteiger partial charge is 0.307 e. The monoisotopic (exact) mass is 307 g/mol. The molecule has 1 aliphatic rings. The number of hydrogen-bond acceptors (Lipinski definition) is 2. The fourth-order valence-electron chi connectivity index (χ4n) is 3.36. The van der Waals surface area contributed by atoms with Crippen LogP contribution >= 0.6 is 0 Å². The van der Waals surface area contributed by atoms with Gasteiger partial charge in [-0.25, -0.2) is 0 Å². The fourth-order valence-corrected chi connectivity index (χ4v) is 4.05. The topological polar surface area (TPSA) is 29.1 Å². The molecule has 0 aliphatic heterocycles. The van der Waals surface area contributed by atoms with Crippen LogP contribution in [0.4, 0.5) is 0 Å². The molecule has 0 saturated heterocycles. The Kier molecular flexibility index (Phi) is 6.91. The van der Waals surface area contributed by atoms with Crippen LogP contribution in [-0.2, 0) is 10.8 Å². The zero-order valence-corrected chi connectivity index (χ0v) is 14.2. The van der Waals surface area contributed by atoms with E-state index in [1.807, 2.05) is 0 Å². The van der Waals surface area contributed by atoms with Gasteiger partial charge in [-0.15, -0.1) is 0 Å². The molecule has 0 heterocycles. The van der Waals surface area contributed by atoms with Gasteiger partial charge in [-0.3, -0.25) is 4.21 Å². The SMILES string of the molecule is CC(CCS(C)=O)NC(c1ccccc1)C1CCCCC1. The van der Waals surface area contributed by atoms with Gasteiger partial charge < -0.3 is 5.32 Å². The molecule has 0 bridgehead atoms. The number of benzene rings is 1. The smallest absolute Gasteiger partial charge is 0.0350 e. The van der Waals surface area contributed by atoms with E-state index in [1.54, 1.807) is 6.26 Å². The standard InChI is InChI=1S/C18H29NOS/c1-15(13-14-21(2)20)19-18(16-9-5-3-6-10-16)17-11-7-4-8-12-17/h3,5-6,9-10,15,17-19H,4,7-8,11-14H2,1-2H3. The Labute approximate surface area is 132 Å². The molecule has 1 aliphatic carbocycles. The lowest BCUT2D eigenvalue weighted by Gasteiger charge is -2.33. The average molecular weight is 308 g/mol. The normalized spacial score (nSPS) is 20.9. The van der Waals surface area contributed by atoms with E-state index in [1.165, 1.54) is 37.7 Å². The summed E-state index contributed by atoms with van der Waals surface area (Å²) in [6, 6.07) is 11.7. The van der Waals surface area contributed by atoms with Crippen LogP contribution in [0.2, 0.25) is 0 Å². The van der Waals surface area contributed by atoms with Gasteiger partial charge in [-0.05, 0) is 37.7 Å². The van der Waals surface area contributed by atoms with Gasteiger partial charge in [0.25, 0.3) is 0 Å². The molecule has 1 saturated carbocycles. The molecule has 0 radical (unpaired) electrons. The quantitative estimate of drug-likeness (QED) is 0.823. The summed E-state index contributed by atoms with van der Waals surface area (Å²) in [4.78, 5) is 0. The molecule has 0 amide bonds. The first kappa shape index (κ1) is 16.7. The van der Waals surface area contributed by atoms with Crippen LogP contribution in [0, 0.1) is 5.92 Å². The van der Waals surface area contributed by atoms with Crippen molar-refractivity contribution in [3.05, 3.63) is 35.9 Å². The summed E-state index contributed by atoms with van der Waals surface area (Å²) in [6.45, 7) is 2.23. The van der Waals surface area contributed by atoms with Gasteiger partial charge in [0.05, 0.1) is 0 Å². The number of rotatable bonds is 7. The molecule has 1 N–H and O–H groups in total. The second-order valence-corrected chi connectivity index (χ2v) is 7.97. The van der Waals surface area contributed by atoms with Crippen LogP contribution in [0.5, 0.6) is 0 Å². The Balaban J connectivity index is 2.03. The zero-order chi connectivity index (χ0) is 15.1. The molecule has 1 fully saturated rings. The number of nitrogens with one attached hydrogen (secondary N) is 1. The Hall–Kier alpha value is -0.670. The first-order valence-electron chi connectivity index (χ1n) is 8.28. The predicted molar refractivity (Wildman–Crippen MR) is 91.9 cm³/mol. The summed E-state index contributed by atoms with van der Waals surface area (Å²) in [7, 11) is -0.690. The van der Waals surface area contributed by atoms with E-state index in [2.05, 4.69) is 42.6 Å². The second-order valence-electron chi connectivity index (χ2n) is 6.42. The summed E-state index contributed by atoms with van der Waals surface area (Å²) in [6.07, 6.45) is 9.56. The van der Waals surface area contributed by atoms with E-state index in [4.69, 9.17) is 0 Å². The van der Waals surface area contributed by atoms with Gasteiger partial charge in [0.2, 0.25) is 0 Å². The molecule has 2 rings (SSSR count). The molecule has 21 heavy (non-hydrogen) atoms. The van der Waals surface area contributed by atoms with Gasteiger partial charge in [0, 0.05) is 34.9 Å². The molecule has 2 nitrogen and oxygen atoms in total. The van der Waals surface area contributed by atoms with E-state index < -0.39 is 10.8 Å². The van der Waals surface area contributed by atoms with E-state index in [0.29, 0.717) is 12.1 Å². The van der Waals surface area contributed by atoms with Crippen molar-refractivity contribution in [1.29, 1.82) is 0 Å². The maximum absolute atomic E-state index is 11.3. The summed E-state index contributed by atoms with van der Waals surface area (Å²) in [5.41, 5.74) is 1.41. The van der Waals surface area contributed by atoms with Crippen molar-refractivity contribution in [3.8, 4) is 0 Å². The molecule has 3 heteroatoms. The third-order valence-electron chi connectivity index (χ3n) is 4.58. The first-order chi connectivity index (χ1) is 10.2. The highest BCUT2D eigenvalue weighted by Gasteiger charge is 2.25. The third kappa shape index (κ3) is 5.55. The highest BCUT2D eigenvalue weighted by Crippen LogP contribution is 2.34. The van der Waals surface area contributed by atoms with Crippen molar-refractivity contribution in [2.24, 2.45) is 5.92 Å². The van der Waals surface area contributed by atoms with Crippen LogP contribution in [-0.4, -0.2) is 22.3 Å². The van der Waals surface area contributed by atoms with Crippen LogP contribution < -0.4 is 5.32 Å². The van der Waals surface area contributed by atoms with E-state index in [9.17, 15) is 4.21 Å². The molecule has 0 aromatic heterocycles. The van der Waals surface area contributed by atoms with Gasteiger partial charge in [-0.2, -0.15) is 0 Å². The summed E-state index contributed by atoms with van der Waals surface area (Å²) < 4.78 is 11.3. The molecular weight excluding hydrogens is 278 g/mol. The molecule has 1 aromatic carbocycles. The lowest BCUT2D eigenvalue weighted by Crippen LogP contribution is -2.36. The second kappa shape index (κ2) is 8.70. The Morgan fingerprint density at radius 1 is 1.19 bits per heavy atom. The van der Waals surface area contributed by atoms with Crippen molar-refractivity contribution in [2.45, 2.75) is 57.5 Å². The minimum atomic E-state index is -0.690. The number of hydrogen-bond donors (Lipinski definition) is 1. The van der Waals surface area contributed by atoms with Crippen LogP contribution in [0.3, 0.4) is 0 Å². The lowest BCUT2D eigenvalue weighted by atomic mass is 9.81. The fraction of sp³-hybridized carbons (Fsp3) is 0.667. The minimum absolute atomic E-state index is 0.418. The maximum Gasteiger partial charge on any atom is 0.0350 e. The Morgan fingerprint density at radius 2 is 1.86 bits per heavy atom. The summed E-state index contributed by atoms with van der Waals surface area (Å²) in [5, 5.41) is 3.82. The highest BCUT2D eigenvalue weighted by atomic mass is 32.2. The molecule has 1 aromatic rings. The van der Waals surface area contributed by atoms with E-state index in [0.717, 1.165) is 18.1 Å². The van der Waals surface area contributed by atoms with Crippen molar-refractivity contribution >= 4 is 10.8 Å². The zero-order valence-electron chi connectivity index (χ0n) is 13.4. The Morgan fingerprint density at radius 3 is 2.48 bits per heavy atom. The minimum Gasteiger partial charge on any atom is -0.307 e. The van der Waals surface area contributed by atoms with Gasteiger partial charge in [-0.1, -0.05) is 49.6 Å². The molecule has 3 unspecified atom stereocenters. The summed E-state index contributed by atoms with van der Waals surface area (Å²) in [5.74, 6) is 1.54. The average Bonchev–Trinajstić information content (AvgIpc) is 2.52. The molecule has 3 atom stereocenters. The van der Waals surface area contributed by atoms with Gasteiger partial charge >= 0.3 is 0 Å². The highest BCUT2D eigenvalue weighted by molar-refractivity contribution is 7.84. The first-order valence-corrected chi connectivity index (χ1v) is 10.0. The molecule has 0 spiro atoms. The van der Waals surface area contributed by atoms with Crippen molar-refractivity contribution < 1.29 is 4.21 Å². The van der Waals surface area contributed by atoms with Crippen molar-refractivity contribution in [3.63, 3.8) is 0 Å². The predicted octanol–water partition coefficient (Wildman–Crippen LogP) is 4.05. The van der Waals surface area contributed by atoms with E-state index in [-0.39, 0.29) is 0 Å². The van der Waals surface area contributed by atoms with Crippen molar-refractivity contribution in [1.82, 2.24) is 5.32 Å². The maximum atomic E-state index is 11.3. The Bertz CT molecular complexity index is 428. The van der Waals surface area contributed by atoms with Crippen LogP contribution in [0.15, 0.2) is 30.3 Å². The summed E-state index contributed by atoms with van der Waals surface area (Å²) >= 11 is 0. The van der Waals surface area contributed by atoms with Gasteiger partial charge in [0.1, 0.15) is 0 Å². The van der Waals surface area contributed by atoms with Crippen LogP contribution in [0.1, 0.15) is 57.1 Å².